The first-order valence-corrected chi connectivity index (χ1v) is 9.79. The van der Waals surface area contributed by atoms with Gasteiger partial charge < -0.3 is 10.2 Å². The van der Waals surface area contributed by atoms with E-state index in [4.69, 9.17) is 0 Å². The van der Waals surface area contributed by atoms with E-state index >= 15 is 0 Å². The summed E-state index contributed by atoms with van der Waals surface area (Å²) in [7, 11) is 0. The van der Waals surface area contributed by atoms with Crippen LogP contribution in [0.1, 0.15) is 31.2 Å². The minimum atomic E-state index is -0.688. The molecule has 7 nitrogen and oxygen atoms in total. The fourth-order valence-electron chi connectivity index (χ4n) is 4.39. The Bertz CT molecular complexity index is 868. The van der Waals surface area contributed by atoms with Crippen LogP contribution < -0.4 is 10.7 Å². The lowest BCUT2D eigenvalue weighted by Gasteiger charge is -2.50. The van der Waals surface area contributed by atoms with Crippen molar-refractivity contribution in [3.8, 4) is 0 Å². The number of hydrogen-bond acceptors (Lipinski definition) is 4. The van der Waals surface area contributed by atoms with Crippen LogP contribution in [0, 0.1) is 29.4 Å². The van der Waals surface area contributed by atoms with E-state index in [9.17, 15) is 23.2 Å². The zero-order valence-corrected chi connectivity index (χ0v) is 15.8. The number of benzene rings is 1. The molecular weight excluding hydrogens is 382 g/mol. The summed E-state index contributed by atoms with van der Waals surface area (Å²) in [4.78, 5) is 38.1. The molecule has 0 spiro atoms. The second kappa shape index (κ2) is 7.88. The van der Waals surface area contributed by atoms with Crippen LogP contribution >= 0.6 is 0 Å². The molecule has 2 N–H and O–H groups in total. The van der Waals surface area contributed by atoms with E-state index in [1.807, 2.05) is 0 Å². The van der Waals surface area contributed by atoms with Crippen molar-refractivity contribution >= 4 is 23.4 Å². The van der Waals surface area contributed by atoms with Crippen molar-refractivity contribution in [2.75, 3.05) is 13.1 Å². The minimum Gasteiger partial charge on any atom is -0.352 e. The standard InChI is InChI=1S/C20H22F2N4O3/c21-15-2-1-3-16(22)13(15)9-23-19(28)12-8-11-6-7-26(10-14(11)12)20(29)17-4-5-18(27)25-24-17/h1-3,11-12,14H,4-10H2,(H,23,28)(H,25,27)/t11-,12-,14-/m1/s1. The highest BCUT2D eigenvalue weighted by Crippen LogP contribution is 2.45. The molecule has 3 amide bonds. The van der Waals surface area contributed by atoms with Gasteiger partial charge in [-0.25, -0.2) is 14.2 Å². The zero-order valence-electron chi connectivity index (χ0n) is 15.8. The Labute approximate surface area is 166 Å². The molecule has 1 aliphatic carbocycles. The first-order valence-electron chi connectivity index (χ1n) is 9.79. The number of piperidine rings is 1. The van der Waals surface area contributed by atoms with Crippen LogP contribution in [0.25, 0.3) is 0 Å². The van der Waals surface area contributed by atoms with Gasteiger partial charge in [0, 0.05) is 44.0 Å². The number of fused-ring (bicyclic) bond motifs is 1. The summed E-state index contributed by atoms with van der Waals surface area (Å²) in [5.74, 6) is -1.92. The van der Waals surface area contributed by atoms with Gasteiger partial charge in [0.1, 0.15) is 17.3 Å². The maximum atomic E-state index is 13.7. The normalized spacial score (nSPS) is 26.0. The lowest BCUT2D eigenvalue weighted by molar-refractivity contribution is -0.142. The molecule has 0 aromatic heterocycles. The van der Waals surface area contributed by atoms with Crippen LogP contribution in [0.4, 0.5) is 8.78 Å². The average Bonchev–Trinajstić information content (AvgIpc) is 2.68. The van der Waals surface area contributed by atoms with Crippen molar-refractivity contribution < 1.29 is 23.2 Å². The van der Waals surface area contributed by atoms with E-state index in [0.29, 0.717) is 31.1 Å². The van der Waals surface area contributed by atoms with Gasteiger partial charge in [-0.2, -0.15) is 5.10 Å². The van der Waals surface area contributed by atoms with Gasteiger partial charge in [-0.1, -0.05) is 6.07 Å². The number of rotatable bonds is 4. The van der Waals surface area contributed by atoms with E-state index in [2.05, 4.69) is 15.8 Å². The van der Waals surface area contributed by atoms with Crippen molar-refractivity contribution in [3.63, 3.8) is 0 Å². The first-order chi connectivity index (χ1) is 13.9. The molecule has 9 heteroatoms. The molecular formula is C20H22F2N4O3. The molecule has 2 fully saturated rings. The molecule has 4 rings (SSSR count). The predicted molar refractivity (Wildman–Crippen MR) is 99.3 cm³/mol. The fourth-order valence-corrected chi connectivity index (χ4v) is 4.39. The topological polar surface area (TPSA) is 90.9 Å². The summed E-state index contributed by atoms with van der Waals surface area (Å²) in [6, 6.07) is 3.60. The third-order valence-electron chi connectivity index (χ3n) is 6.16. The number of likely N-dealkylation sites (tertiary alicyclic amines) is 1. The third-order valence-corrected chi connectivity index (χ3v) is 6.16. The summed E-state index contributed by atoms with van der Waals surface area (Å²) in [5.41, 5.74) is 2.50. The van der Waals surface area contributed by atoms with Crippen LogP contribution in [0.15, 0.2) is 23.3 Å². The molecule has 0 unspecified atom stereocenters. The number of carbonyl (C=O) groups excluding carboxylic acids is 3. The van der Waals surface area contributed by atoms with Crippen molar-refractivity contribution in [2.24, 2.45) is 22.9 Å². The molecule has 0 bridgehead atoms. The van der Waals surface area contributed by atoms with Gasteiger partial charge in [0.15, 0.2) is 0 Å². The highest BCUT2D eigenvalue weighted by molar-refractivity contribution is 6.39. The van der Waals surface area contributed by atoms with Crippen LogP contribution in [-0.4, -0.2) is 41.4 Å². The monoisotopic (exact) mass is 404 g/mol. The Morgan fingerprint density at radius 3 is 2.69 bits per heavy atom. The smallest absolute Gasteiger partial charge is 0.270 e. The molecule has 1 aromatic rings. The predicted octanol–water partition coefficient (Wildman–Crippen LogP) is 1.33. The van der Waals surface area contributed by atoms with Gasteiger partial charge in [0.25, 0.3) is 5.91 Å². The molecule has 0 radical (unpaired) electrons. The minimum absolute atomic E-state index is 0.0250. The van der Waals surface area contributed by atoms with Gasteiger partial charge in [0.2, 0.25) is 11.8 Å². The number of halogens is 2. The number of carbonyl (C=O) groups is 3. The van der Waals surface area contributed by atoms with E-state index in [0.717, 1.165) is 25.0 Å². The Kier molecular flexibility index (Phi) is 5.29. The highest BCUT2D eigenvalue weighted by Gasteiger charge is 2.48. The maximum absolute atomic E-state index is 13.7. The summed E-state index contributed by atoms with van der Waals surface area (Å²) >= 11 is 0. The molecule has 3 aliphatic rings. The second-order valence-electron chi connectivity index (χ2n) is 7.82. The summed E-state index contributed by atoms with van der Waals surface area (Å²) in [5, 5.41) is 6.49. The van der Waals surface area contributed by atoms with Gasteiger partial charge in [-0.05, 0) is 36.8 Å². The molecule has 1 saturated carbocycles. The van der Waals surface area contributed by atoms with E-state index in [1.54, 1.807) is 4.90 Å². The Balaban J connectivity index is 1.35. The Hall–Kier alpha value is -2.84. The van der Waals surface area contributed by atoms with Gasteiger partial charge in [0.05, 0.1) is 0 Å². The molecule has 154 valence electrons. The van der Waals surface area contributed by atoms with E-state index < -0.39 is 11.6 Å². The first kappa shape index (κ1) is 19.5. The largest absolute Gasteiger partial charge is 0.352 e. The van der Waals surface area contributed by atoms with Crippen LogP contribution in [-0.2, 0) is 20.9 Å². The maximum Gasteiger partial charge on any atom is 0.270 e. The van der Waals surface area contributed by atoms with Crippen molar-refractivity contribution in [2.45, 2.75) is 32.2 Å². The van der Waals surface area contributed by atoms with Crippen LogP contribution in [0.5, 0.6) is 0 Å². The summed E-state index contributed by atoms with van der Waals surface area (Å²) in [6.45, 7) is 0.842. The highest BCUT2D eigenvalue weighted by atomic mass is 19.1. The van der Waals surface area contributed by atoms with Gasteiger partial charge in [-0.3, -0.25) is 14.4 Å². The van der Waals surface area contributed by atoms with Crippen LogP contribution in [0.3, 0.4) is 0 Å². The Morgan fingerprint density at radius 1 is 1.24 bits per heavy atom. The lowest BCUT2D eigenvalue weighted by atomic mass is 9.61. The lowest BCUT2D eigenvalue weighted by Crippen LogP contribution is -2.57. The van der Waals surface area contributed by atoms with Crippen LogP contribution in [0.2, 0.25) is 0 Å². The zero-order chi connectivity index (χ0) is 20.5. The third kappa shape index (κ3) is 3.86. The second-order valence-corrected chi connectivity index (χ2v) is 7.82. The summed E-state index contributed by atoms with van der Waals surface area (Å²) in [6.07, 6.45) is 2.08. The Morgan fingerprint density at radius 2 is 2.00 bits per heavy atom. The molecule has 1 saturated heterocycles. The quantitative estimate of drug-likeness (QED) is 0.793. The van der Waals surface area contributed by atoms with E-state index in [1.165, 1.54) is 6.07 Å². The SMILES string of the molecule is O=C1CCC(C(=O)N2CC[C@@H]3C[C@@H](C(=O)NCc4c(F)cccc4F)[C@@H]3C2)=NN1. The number of hydrazone groups is 1. The average molecular weight is 404 g/mol. The van der Waals surface area contributed by atoms with Crippen molar-refractivity contribution in [3.05, 3.63) is 35.4 Å². The van der Waals surface area contributed by atoms with Gasteiger partial charge in [-0.15, -0.1) is 0 Å². The fraction of sp³-hybridized carbons (Fsp3) is 0.500. The van der Waals surface area contributed by atoms with E-state index in [-0.39, 0.29) is 48.1 Å². The molecule has 2 heterocycles. The number of nitrogens with one attached hydrogen (secondary N) is 2. The summed E-state index contributed by atoms with van der Waals surface area (Å²) < 4.78 is 27.5. The van der Waals surface area contributed by atoms with Crippen molar-refractivity contribution in [1.29, 1.82) is 0 Å². The molecule has 2 aliphatic heterocycles. The van der Waals surface area contributed by atoms with Gasteiger partial charge >= 0.3 is 0 Å². The molecule has 1 aromatic carbocycles. The molecule has 3 atom stereocenters. The molecule has 29 heavy (non-hydrogen) atoms. The number of amides is 3. The number of hydrogen-bond donors (Lipinski definition) is 2. The van der Waals surface area contributed by atoms with Crippen molar-refractivity contribution in [1.82, 2.24) is 15.6 Å². The number of nitrogens with zero attached hydrogens (tertiary/aromatic N) is 2.